The van der Waals surface area contributed by atoms with Gasteiger partial charge in [0.2, 0.25) is 0 Å². The summed E-state index contributed by atoms with van der Waals surface area (Å²) in [6.45, 7) is 1.93. The van der Waals surface area contributed by atoms with E-state index in [2.05, 4.69) is 10.3 Å². The fraction of sp³-hybridized carbons (Fsp3) is 0.200. The average Bonchev–Trinajstić information content (AvgIpc) is 2.49. The summed E-state index contributed by atoms with van der Waals surface area (Å²) in [4.78, 5) is 16.1. The van der Waals surface area contributed by atoms with Gasteiger partial charge in [-0.05, 0) is 36.8 Å². The van der Waals surface area contributed by atoms with E-state index < -0.39 is 17.7 Å². The zero-order valence-electron chi connectivity index (χ0n) is 11.4. The van der Waals surface area contributed by atoms with E-state index in [0.29, 0.717) is 16.8 Å². The third kappa shape index (κ3) is 3.61. The first kappa shape index (κ1) is 15.1. The zero-order chi connectivity index (χ0) is 15.4. The largest absolute Gasteiger partial charge is 0.346 e. The second-order valence-corrected chi connectivity index (χ2v) is 4.61. The average molecular weight is 291 g/mol. The predicted octanol–water partition coefficient (Wildman–Crippen LogP) is 2.31. The van der Waals surface area contributed by atoms with Crippen LogP contribution in [0, 0.1) is 11.6 Å². The molecule has 0 spiro atoms. The number of hydrogen-bond acceptors (Lipinski definition) is 3. The van der Waals surface area contributed by atoms with Crippen molar-refractivity contribution in [1.82, 2.24) is 10.3 Å². The molecule has 0 aliphatic heterocycles. The quantitative estimate of drug-likeness (QED) is 0.908. The van der Waals surface area contributed by atoms with Crippen molar-refractivity contribution in [2.24, 2.45) is 5.73 Å². The van der Waals surface area contributed by atoms with Gasteiger partial charge in [-0.1, -0.05) is 6.07 Å². The van der Waals surface area contributed by atoms with Gasteiger partial charge in [-0.3, -0.25) is 9.78 Å². The summed E-state index contributed by atoms with van der Waals surface area (Å²) in [5.41, 5.74) is 6.97. The van der Waals surface area contributed by atoms with Gasteiger partial charge in [0.25, 0.3) is 5.91 Å². The first-order valence-electron chi connectivity index (χ1n) is 6.42. The van der Waals surface area contributed by atoms with Crippen molar-refractivity contribution in [2.75, 3.05) is 0 Å². The number of hydrogen-bond donors (Lipinski definition) is 2. The number of nitrogens with one attached hydrogen (secondary N) is 1. The van der Waals surface area contributed by atoms with Crippen LogP contribution in [0.3, 0.4) is 0 Å². The standard InChI is InChI=1S/C15H15F2N3O/c1-9(10-2-3-13(16)14(17)7-10)20-15(21)11-4-5-19-12(6-11)8-18/h2-7,9H,8,18H2,1H3,(H,20,21). The normalized spacial score (nSPS) is 12.0. The molecule has 0 saturated carbocycles. The van der Waals surface area contributed by atoms with E-state index in [-0.39, 0.29) is 12.5 Å². The van der Waals surface area contributed by atoms with E-state index in [0.717, 1.165) is 12.1 Å². The van der Waals surface area contributed by atoms with E-state index in [9.17, 15) is 13.6 Å². The van der Waals surface area contributed by atoms with Crippen molar-refractivity contribution in [2.45, 2.75) is 19.5 Å². The van der Waals surface area contributed by atoms with Crippen molar-refractivity contribution < 1.29 is 13.6 Å². The molecule has 0 bridgehead atoms. The van der Waals surface area contributed by atoms with Gasteiger partial charge >= 0.3 is 0 Å². The number of benzene rings is 1. The lowest BCUT2D eigenvalue weighted by Crippen LogP contribution is -2.27. The number of pyridine rings is 1. The number of nitrogens with zero attached hydrogens (tertiary/aromatic N) is 1. The summed E-state index contributed by atoms with van der Waals surface area (Å²) >= 11 is 0. The van der Waals surface area contributed by atoms with Crippen molar-refractivity contribution >= 4 is 5.91 Å². The Hall–Kier alpha value is -2.34. The number of carbonyl (C=O) groups excluding carboxylic acids is 1. The highest BCUT2D eigenvalue weighted by molar-refractivity contribution is 5.94. The maximum Gasteiger partial charge on any atom is 0.251 e. The van der Waals surface area contributed by atoms with Crippen LogP contribution in [0.15, 0.2) is 36.5 Å². The summed E-state index contributed by atoms with van der Waals surface area (Å²) in [5.74, 6) is -2.19. The minimum atomic E-state index is -0.942. The topological polar surface area (TPSA) is 68.0 Å². The molecule has 0 saturated heterocycles. The van der Waals surface area contributed by atoms with Gasteiger partial charge in [0.1, 0.15) is 0 Å². The molecule has 1 aromatic heterocycles. The molecule has 1 atom stereocenters. The van der Waals surface area contributed by atoms with E-state index >= 15 is 0 Å². The van der Waals surface area contributed by atoms with E-state index in [1.54, 1.807) is 19.1 Å². The van der Waals surface area contributed by atoms with Gasteiger partial charge in [-0.2, -0.15) is 0 Å². The van der Waals surface area contributed by atoms with Crippen LogP contribution < -0.4 is 11.1 Å². The van der Waals surface area contributed by atoms with Crippen LogP contribution in [0.2, 0.25) is 0 Å². The fourth-order valence-electron chi connectivity index (χ4n) is 1.88. The molecule has 6 heteroatoms. The van der Waals surface area contributed by atoms with Crippen LogP contribution >= 0.6 is 0 Å². The molecule has 2 aromatic rings. The third-order valence-corrected chi connectivity index (χ3v) is 3.08. The molecule has 2 rings (SSSR count). The van der Waals surface area contributed by atoms with E-state index in [1.807, 2.05) is 0 Å². The number of carbonyl (C=O) groups is 1. The molecule has 0 radical (unpaired) electrons. The molecule has 3 N–H and O–H groups in total. The van der Waals surface area contributed by atoms with Gasteiger partial charge in [0.05, 0.1) is 11.7 Å². The SMILES string of the molecule is CC(NC(=O)c1ccnc(CN)c1)c1ccc(F)c(F)c1. The van der Waals surface area contributed by atoms with Crippen LogP contribution in [0.25, 0.3) is 0 Å². The number of aromatic nitrogens is 1. The Kier molecular flexibility index (Phi) is 4.59. The highest BCUT2D eigenvalue weighted by atomic mass is 19.2. The van der Waals surface area contributed by atoms with Gasteiger partial charge in [0, 0.05) is 18.3 Å². The lowest BCUT2D eigenvalue weighted by atomic mass is 10.1. The Bertz CT molecular complexity index is 661. The summed E-state index contributed by atoms with van der Waals surface area (Å²) < 4.78 is 26.1. The van der Waals surface area contributed by atoms with Gasteiger partial charge < -0.3 is 11.1 Å². The Balaban J connectivity index is 2.12. The maximum atomic E-state index is 13.2. The summed E-state index contributed by atoms with van der Waals surface area (Å²) in [6, 6.07) is 6.23. The molecule has 110 valence electrons. The molecule has 0 fully saturated rings. The van der Waals surface area contributed by atoms with Crippen LogP contribution in [0.4, 0.5) is 8.78 Å². The minimum absolute atomic E-state index is 0.236. The second kappa shape index (κ2) is 6.41. The molecule has 0 aliphatic rings. The van der Waals surface area contributed by atoms with Crippen molar-refractivity contribution in [3.8, 4) is 0 Å². The van der Waals surface area contributed by atoms with Crippen LogP contribution in [0.1, 0.15) is 34.6 Å². The molecule has 1 amide bonds. The Labute approximate surface area is 121 Å². The van der Waals surface area contributed by atoms with Gasteiger partial charge in [-0.25, -0.2) is 8.78 Å². The number of amides is 1. The van der Waals surface area contributed by atoms with Crippen molar-refractivity contribution in [3.05, 3.63) is 65.0 Å². The van der Waals surface area contributed by atoms with Crippen LogP contribution in [-0.4, -0.2) is 10.9 Å². The molecule has 0 aliphatic carbocycles. The van der Waals surface area contributed by atoms with Crippen molar-refractivity contribution in [1.29, 1.82) is 0 Å². The first-order chi connectivity index (χ1) is 10.0. The molecular weight excluding hydrogens is 276 g/mol. The predicted molar refractivity (Wildman–Crippen MR) is 74.4 cm³/mol. The maximum absolute atomic E-state index is 13.2. The lowest BCUT2D eigenvalue weighted by molar-refractivity contribution is 0.0939. The monoisotopic (exact) mass is 291 g/mol. The summed E-state index contributed by atoms with van der Waals surface area (Å²) in [7, 11) is 0. The molecule has 21 heavy (non-hydrogen) atoms. The summed E-state index contributed by atoms with van der Waals surface area (Å²) in [5, 5.41) is 2.71. The lowest BCUT2D eigenvalue weighted by Gasteiger charge is -2.15. The number of rotatable bonds is 4. The van der Waals surface area contributed by atoms with Crippen LogP contribution in [0.5, 0.6) is 0 Å². The molecule has 4 nitrogen and oxygen atoms in total. The van der Waals surface area contributed by atoms with Crippen LogP contribution in [-0.2, 0) is 6.54 Å². The summed E-state index contributed by atoms with van der Waals surface area (Å²) in [6.07, 6.45) is 1.50. The Morgan fingerprint density at radius 2 is 2.05 bits per heavy atom. The van der Waals surface area contributed by atoms with E-state index in [4.69, 9.17) is 5.73 Å². The minimum Gasteiger partial charge on any atom is -0.346 e. The highest BCUT2D eigenvalue weighted by Crippen LogP contribution is 2.16. The van der Waals surface area contributed by atoms with Gasteiger partial charge in [0.15, 0.2) is 11.6 Å². The Morgan fingerprint density at radius 1 is 1.29 bits per heavy atom. The third-order valence-electron chi connectivity index (χ3n) is 3.08. The Morgan fingerprint density at radius 3 is 2.71 bits per heavy atom. The highest BCUT2D eigenvalue weighted by Gasteiger charge is 2.13. The van der Waals surface area contributed by atoms with E-state index in [1.165, 1.54) is 12.3 Å². The fourth-order valence-corrected chi connectivity index (χ4v) is 1.88. The molecule has 1 heterocycles. The molecule has 1 unspecified atom stereocenters. The first-order valence-corrected chi connectivity index (χ1v) is 6.42. The molecular formula is C15H15F2N3O. The van der Waals surface area contributed by atoms with Crippen molar-refractivity contribution in [3.63, 3.8) is 0 Å². The number of nitrogens with two attached hydrogens (primary N) is 1. The zero-order valence-corrected chi connectivity index (χ0v) is 11.4. The molecule has 1 aromatic carbocycles. The second-order valence-electron chi connectivity index (χ2n) is 4.61. The smallest absolute Gasteiger partial charge is 0.251 e. The van der Waals surface area contributed by atoms with Gasteiger partial charge in [-0.15, -0.1) is 0 Å². The number of halogens is 2.